The van der Waals surface area contributed by atoms with Crippen molar-refractivity contribution in [1.82, 2.24) is 0 Å². The number of hydrogen-bond acceptors (Lipinski definition) is 3. The summed E-state index contributed by atoms with van der Waals surface area (Å²) in [5.74, 6) is 0.00821. The minimum Gasteiger partial charge on any atom is -0.399 e. The summed E-state index contributed by atoms with van der Waals surface area (Å²) in [6.45, 7) is 0. The Kier molecular flexibility index (Phi) is 5.54. The van der Waals surface area contributed by atoms with Gasteiger partial charge in [0.25, 0.3) is 0 Å². The number of thioether (sulfide) groups is 1. The number of carbonyl (C=O) groups is 1. The highest BCUT2D eigenvalue weighted by atomic mass is 32.2. The Morgan fingerprint density at radius 3 is 2.39 bits per heavy atom. The van der Waals surface area contributed by atoms with Gasteiger partial charge in [-0.15, -0.1) is 11.8 Å². The number of anilines is 2. The van der Waals surface area contributed by atoms with Gasteiger partial charge in [0, 0.05) is 22.8 Å². The van der Waals surface area contributed by atoms with Crippen LogP contribution in [0, 0.1) is 0 Å². The summed E-state index contributed by atoms with van der Waals surface area (Å²) in [5.41, 5.74) is 5.15. The lowest BCUT2D eigenvalue weighted by Gasteiger charge is -2.13. The van der Waals surface area contributed by atoms with E-state index in [1.807, 2.05) is 12.1 Å². The van der Waals surface area contributed by atoms with Gasteiger partial charge in [0.1, 0.15) is 0 Å². The Morgan fingerprint density at radius 1 is 1.09 bits per heavy atom. The molecule has 0 heterocycles. The number of amides is 1. The van der Waals surface area contributed by atoms with Crippen molar-refractivity contribution in [1.29, 1.82) is 0 Å². The van der Waals surface area contributed by atoms with Gasteiger partial charge >= 0.3 is 6.18 Å². The highest BCUT2D eigenvalue weighted by Gasteiger charge is 2.33. The number of benzene rings is 2. The lowest BCUT2D eigenvalue weighted by atomic mass is 10.1. The van der Waals surface area contributed by atoms with Crippen LogP contribution in [0.1, 0.15) is 12.0 Å². The van der Waals surface area contributed by atoms with Crippen molar-refractivity contribution in [2.75, 3.05) is 16.8 Å². The van der Waals surface area contributed by atoms with Crippen LogP contribution >= 0.6 is 11.8 Å². The zero-order valence-electron chi connectivity index (χ0n) is 12.1. The second-order valence-electron chi connectivity index (χ2n) is 4.76. The first-order valence-electron chi connectivity index (χ1n) is 6.80. The molecule has 0 aliphatic heterocycles. The SMILES string of the molecule is Nc1ccc(SCCC(=O)Nc2ccccc2C(F)(F)F)cc1. The van der Waals surface area contributed by atoms with Crippen molar-refractivity contribution in [2.24, 2.45) is 0 Å². The van der Waals surface area contributed by atoms with Crippen LogP contribution in [0.2, 0.25) is 0 Å². The molecule has 1 amide bonds. The van der Waals surface area contributed by atoms with Crippen molar-refractivity contribution in [2.45, 2.75) is 17.5 Å². The van der Waals surface area contributed by atoms with Crippen LogP contribution in [0.3, 0.4) is 0 Å². The van der Waals surface area contributed by atoms with E-state index >= 15 is 0 Å². The first kappa shape index (κ1) is 17.2. The van der Waals surface area contributed by atoms with Gasteiger partial charge in [0.15, 0.2) is 0 Å². The van der Waals surface area contributed by atoms with Crippen molar-refractivity contribution in [3.05, 3.63) is 54.1 Å². The molecule has 0 saturated heterocycles. The Hall–Kier alpha value is -2.15. The molecule has 0 aromatic heterocycles. The van der Waals surface area contributed by atoms with Crippen LogP contribution < -0.4 is 11.1 Å². The Balaban J connectivity index is 1.89. The summed E-state index contributed by atoms with van der Waals surface area (Å²) in [6.07, 6.45) is -4.39. The second kappa shape index (κ2) is 7.41. The predicted molar refractivity (Wildman–Crippen MR) is 86.3 cm³/mol. The Bertz CT molecular complexity index is 672. The molecule has 3 nitrogen and oxygen atoms in total. The molecule has 0 bridgehead atoms. The van der Waals surface area contributed by atoms with E-state index in [9.17, 15) is 18.0 Å². The van der Waals surface area contributed by atoms with Crippen LogP contribution in [0.4, 0.5) is 24.5 Å². The molecule has 2 aromatic rings. The van der Waals surface area contributed by atoms with E-state index in [1.165, 1.54) is 30.0 Å². The number of nitrogen functional groups attached to an aromatic ring is 1. The molecule has 0 unspecified atom stereocenters. The smallest absolute Gasteiger partial charge is 0.399 e. The van der Waals surface area contributed by atoms with Gasteiger partial charge < -0.3 is 11.1 Å². The topological polar surface area (TPSA) is 55.1 Å². The zero-order chi connectivity index (χ0) is 16.9. The number of carbonyl (C=O) groups excluding carboxylic acids is 1. The third-order valence-electron chi connectivity index (χ3n) is 2.98. The van der Waals surface area contributed by atoms with Crippen molar-refractivity contribution in [3.8, 4) is 0 Å². The predicted octanol–water partition coefficient (Wildman–Crippen LogP) is 4.41. The average molecular weight is 340 g/mol. The number of para-hydroxylation sites is 1. The third kappa shape index (κ3) is 5.21. The molecule has 0 radical (unpaired) electrons. The normalized spacial score (nSPS) is 11.3. The summed E-state index contributed by atoms with van der Waals surface area (Å²) in [6, 6.07) is 12.1. The minimum atomic E-state index is -4.50. The van der Waals surface area contributed by atoms with E-state index in [2.05, 4.69) is 5.32 Å². The van der Waals surface area contributed by atoms with E-state index in [0.717, 1.165) is 11.0 Å². The number of rotatable bonds is 5. The molecule has 0 atom stereocenters. The fourth-order valence-electron chi connectivity index (χ4n) is 1.88. The largest absolute Gasteiger partial charge is 0.418 e. The number of hydrogen-bond donors (Lipinski definition) is 2. The van der Waals surface area contributed by atoms with Gasteiger partial charge in [0.2, 0.25) is 5.91 Å². The average Bonchev–Trinajstić information content (AvgIpc) is 2.49. The van der Waals surface area contributed by atoms with Gasteiger partial charge in [-0.1, -0.05) is 12.1 Å². The molecular formula is C16H15F3N2OS. The van der Waals surface area contributed by atoms with Crippen LogP contribution in [0.15, 0.2) is 53.4 Å². The molecule has 2 aromatic carbocycles. The minimum absolute atomic E-state index is 0.112. The fraction of sp³-hybridized carbons (Fsp3) is 0.188. The van der Waals surface area contributed by atoms with Gasteiger partial charge in [-0.05, 0) is 36.4 Å². The fourth-order valence-corrected chi connectivity index (χ4v) is 2.73. The van der Waals surface area contributed by atoms with Crippen LogP contribution in [0.25, 0.3) is 0 Å². The summed E-state index contributed by atoms with van der Waals surface area (Å²) >= 11 is 1.44. The molecule has 0 aliphatic carbocycles. The maximum Gasteiger partial charge on any atom is 0.418 e. The lowest BCUT2D eigenvalue weighted by Crippen LogP contribution is -2.16. The molecule has 2 rings (SSSR count). The van der Waals surface area contributed by atoms with E-state index < -0.39 is 17.6 Å². The lowest BCUT2D eigenvalue weighted by molar-refractivity contribution is -0.137. The molecular weight excluding hydrogens is 325 g/mol. The highest BCUT2D eigenvalue weighted by molar-refractivity contribution is 7.99. The monoisotopic (exact) mass is 340 g/mol. The standard InChI is InChI=1S/C16H15F3N2OS/c17-16(18,19)13-3-1-2-4-14(13)21-15(22)9-10-23-12-7-5-11(20)6-8-12/h1-8H,9-10,20H2,(H,21,22). The van der Waals surface area contributed by atoms with Gasteiger partial charge in [-0.3, -0.25) is 4.79 Å². The summed E-state index contributed by atoms with van der Waals surface area (Å²) in [5, 5.41) is 2.32. The van der Waals surface area contributed by atoms with Crippen molar-refractivity contribution in [3.63, 3.8) is 0 Å². The molecule has 0 aliphatic rings. The Labute approximate surface area is 136 Å². The second-order valence-corrected chi connectivity index (χ2v) is 5.93. The van der Waals surface area contributed by atoms with E-state index in [-0.39, 0.29) is 12.1 Å². The summed E-state index contributed by atoms with van der Waals surface area (Å²) < 4.78 is 38.5. The van der Waals surface area contributed by atoms with Crippen molar-refractivity contribution >= 4 is 29.0 Å². The van der Waals surface area contributed by atoms with Gasteiger partial charge in [-0.25, -0.2) is 0 Å². The Morgan fingerprint density at radius 2 is 1.74 bits per heavy atom. The van der Waals surface area contributed by atoms with Crippen LogP contribution in [-0.2, 0) is 11.0 Å². The molecule has 7 heteroatoms. The molecule has 122 valence electrons. The number of alkyl halides is 3. The molecule has 3 N–H and O–H groups in total. The summed E-state index contributed by atoms with van der Waals surface area (Å²) in [7, 11) is 0. The number of nitrogens with two attached hydrogens (primary N) is 1. The zero-order valence-corrected chi connectivity index (χ0v) is 12.9. The molecule has 23 heavy (non-hydrogen) atoms. The first-order valence-corrected chi connectivity index (χ1v) is 7.79. The maximum atomic E-state index is 12.8. The van der Waals surface area contributed by atoms with E-state index in [1.54, 1.807) is 12.1 Å². The van der Waals surface area contributed by atoms with E-state index in [0.29, 0.717) is 11.4 Å². The third-order valence-corrected chi connectivity index (χ3v) is 4.00. The quantitative estimate of drug-likeness (QED) is 0.626. The molecule has 0 spiro atoms. The van der Waals surface area contributed by atoms with Crippen molar-refractivity contribution < 1.29 is 18.0 Å². The first-order chi connectivity index (χ1) is 10.9. The van der Waals surface area contributed by atoms with Crippen LogP contribution in [0.5, 0.6) is 0 Å². The van der Waals surface area contributed by atoms with E-state index in [4.69, 9.17) is 5.73 Å². The van der Waals surface area contributed by atoms with Gasteiger partial charge in [-0.2, -0.15) is 13.2 Å². The highest BCUT2D eigenvalue weighted by Crippen LogP contribution is 2.34. The number of nitrogens with one attached hydrogen (secondary N) is 1. The molecule has 0 saturated carbocycles. The number of halogens is 3. The molecule has 0 fully saturated rings. The van der Waals surface area contributed by atoms with Gasteiger partial charge in [0.05, 0.1) is 11.3 Å². The maximum absolute atomic E-state index is 12.8. The summed E-state index contributed by atoms with van der Waals surface area (Å²) in [4.78, 5) is 12.8. The van der Waals surface area contributed by atoms with Crippen LogP contribution in [-0.4, -0.2) is 11.7 Å².